The summed E-state index contributed by atoms with van der Waals surface area (Å²) in [6.07, 6.45) is -0.167. The zero-order valence-corrected chi connectivity index (χ0v) is 12.8. The second-order valence-electron chi connectivity index (χ2n) is 3.79. The quantitative estimate of drug-likeness (QED) is 0.871. The monoisotopic (exact) mass is 369 g/mol. The molecule has 1 unspecified atom stereocenters. The molecular weight excluding hydrogens is 358 g/mol. The fourth-order valence-corrected chi connectivity index (χ4v) is 2.59. The van der Waals surface area contributed by atoms with Gasteiger partial charge in [0.2, 0.25) is 0 Å². The maximum atomic E-state index is 5.96. The Kier molecular flexibility index (Phi) is 4.80. The Labute approximate surface area is 123 Å². The SMILES string of the molecule is NCC(Oc1ccccc1Br)c1ccccc1Br. The molecule has 0 heterocycles. The highest BCUT2D eigenvalue weighted by atomic mass is 79.9. The number of halogens is 2. The Balaban J connectivity index is 2.26. The number of ether oxygens (including phenoxy) is 1. The van der Waals surface area contributed by atoms with Gasteiger partial charge in [0, 0.05) is 16.6 Å². The van der Waals surface area contributed by atoms with Crippen molar-refractivity contribution in [1.29, 1.82) is 0 Å². The van der Waals surface area contributed by atoms with E-state index in [-0.39, 0.29) is 6.10 Å². The fourth-order valence-electron chi connectivity index (χ4n) is 1.67. The minimum Gasteiger partial charge on any atom is -0.483 e. The van der Waals surface area contributed by atoms with Crippen LogP contribution in [-0.2, 0) is 0 Å². The van der Waals surface area contributed by atoms with Crippen LogP contribution in [0.4, 0.5) is 0 Å². The van der Waals surface area contributed by atoms with Gasteiger partial charge in [-0.3, -0.25) is 0 Å². The summed E-state index contributed by atoms with van der Waals surface area (Å²) in [5.74, 6) is 0.795. The first-order valence-electron chi connectivity index (χ1n) is 5.58. The van der Waals surface area contributed by atoms with E-state index in [1.54, 1.807) is 0 Å². The third kappa shape index (κ3) is 3.13. The average Bonchev–Trinajstić information content (AvgIpc) is 2.39. The van der Waals surface area contributed by atoms with Gasteiger partial charge in [0.1, 0.15) is 11.9 Å². The van der Waals surface area contributed by atoms with E-state index >= 15 is 0 Å². The van der Waals surface area contributed by atoms with Crippen molar-refractivity contribution in [2.75, 3.05) is 6.54 Å². The van der Waals surface area contributed by atoms with Crippen molar-refractivity contribution in [3.05, 3.63) is 63.0 Å². The van der Waals surface area contributed by atoms with Crippen LogP contribution in [0.15, 0.2) is 57.5 Å². The van der Waals surface area contributed by atoms with E-state index in [1.165, 1.54) is 0 Å². The van der Waals surface area contributed by atoms with Gasteiger partial charge in [-0.25, -0.2) is 0 Å². The molecular formula is C14H13Br2NO. The first-order valence-corrected chi connectivity index (χ1v) is 7.16. The zero-order chi connectivity index (χ0) is 13.0. The second-order valence-corrected chi connectivity index (χ2v) is 5.50. The topological polar surface area (TPSA) is 35.2 Å². The maximum absolute atomic E-state index is 5.96. The van der Waals surface area contributed by atoms with Crippen LogP contribution in [0.3, 0.4) is 0 Å². The van der Waals surface area contributed by atoms with Gasteiger partial charge in [-0.05, 0) is 34.1 Å². The predicted octanol–water partition coefficient (Wildman–Crippen LogP) is 4.29. The van der Waals surface area contributed by atoms with Crippen LogP contribution in [0, 0.1) is 0 Å². The third-order valence-corrected chi connectivity index (χ3v) is 3.95. The molecule has 0 amide bonds. The molecule has 0 aliphatic rings. The fraction of sp³-hybridized carbons (Fsp3) is 0.143. The molecule has 94 valence electrons. The molecule has 2 aromatic carbocycles. The van der Waals surface area contributed by atoms with Gasteiger partial charge < -0.3 is 10.5 Å². The second kappa shape index (κ2) is 6.36. The highest BCUT2D eigenvalue weighted by Crippen LogP contribution is 2.31. The van der Waals surface area contributed by atoms with Crippen LogP contribution >= 0.6 is 31.9 Å². The van der Waals surface area contributed by atoms with Gasteiger partial charge in [0.25, 0.3) is 0 Å². The van der Waals surface area contributed by atoms with Crippen molar-refractivity contribution >= 4 is 31.9 Å². The van der Waals surface area contributed by atoms with Crippen LogP contribution in [0.5, 0.6) is 5.75 Å². The molecule has 1 atom stereocenters. The molecule has 0 fully saturated rings. The summed E-state index contributed by atoms with van der Waals surface area (Å²) in [5.41, 5.74) is 6.86. The number of para-hydroxylation sites is 1. The lowest BCUT2D eigenvalue weighted by Crippen LogP contribution is -2.19. The highest BCUT2D eigenvalue weighted by Gasteiger charge is 2.15. The molecule has 0 saturated heterocycles. The molecule has 0 aliphatic carbocycles. The van der Waals surface area contributed by atoms with Crippen molar-refractivity contribution < 1.29 is 4.74 Å². The Bertz CT molecular complexity index is 531. The maximum Gasteiger partial charge on any atom is 0.137 e. The first-order chi connectivity index (χ1) is 8.72. The van der Waals surface area contributed by atoms with E-state index in [9.17, 15) is 0 Å². The molecule has 18 heavy (non-hydrogen) atoms. The molecule has 4 heteroatoms. The van der Waals surface area contributed by atoms with Crippen LogP contribution in [0.1, 0.15) is 11.7 Å². The summed E-state index contributed by atoms with van der Waals surface area (Å²) < 4.78 is 7.89. The van der Waals surface area contributed by atoms with Gasteiger partial charge >= 0.3 is 0 Å². The summed E-state index contributed by atoms with van der Waals surface area (Å²) >= 11 is 6.99. The van der Waals surface area contributed by atoms with E-state index in [1.807, 2.05) is 48.5 Å². The van der Waals surface area contributed by atoms with E-state index in [0.717, 1.165) is 20.3 Å². The lowest BCUT2D eigenvalue weighted by Gasteiger charge is -2.19. The van der Waals surface area contributed by atoms with Gasteiger partial charge in [0.05, 0.1) is 4.47 Å². The van der Waals surface area contributed by atoms with Crippen LogP contribution in [0.2, 0.25) is 0 Å². The van der Waals surface area contributed by atoms with E-state index in [0.29, 0.717) is 6.54 Å². The van der Waals surface area contributed by atoms with Crippen molar-refractivity contribution in [3.8, 4) is 5.75 Å². The Morgan fingerprint density at radius 2 is 1.56 bits per heavy atom. The third-order valence-electron chi connectivity index (χ3n) is 2.57. The van der Waals surface area contributed by atoms with Crippen molar-refractivity contribution in [3.63, 3.8) is 0 Å². The zero-order valence-electron chi connectivity index (χ0n) is 9.64. The standard InChI is InChI=1S/C14H13Br2NO/c15-11-6-2-1-5-10(11)14(9-17)18-13-8-4-3-7-12(13)16/h1-8,14H,9,17H2. The largest absolute Gasteiger partial charge is 0.483 e. The molecule has 0 aromatic heterocycles. The van der Waals surface area contributed by atoms with Crippen molar-refractivity contribution in [2.24, 2.45) is 5.73 Å². The Hall–Kier alpha value is -0.840. The van der Waals surface area contributed by atoms with Gasteiger partial charge in [-0.15, -0.1) is 0 Å². The smallest absolute Gasteiger partial charge is 0.137 e. The molecule has 2 aromatic rings. The van der Waals surface area contributed by atoms with Gasteiger partial charge in [-0.1, -0.05) is 46.3 Å². The molecule has 0 bridgehead atoms. The summed E-state index contributed by atoms with van der Waals surface area (Å²) in [4.78, 5) is 0. The molecule has 0 radical (unpaired) electrons. The minimum absolute atomic E-state index is 0.167. The summed E-state index contributed by atoms with van der Waals surface area (Å²) in [6, 6.07) is 15.7. The van der Waals surface area contributed by atoms with Gasteiger partial charge in [-0.2, -0.15) is 0 Å². The Morgan fingerprint density at radius 3 is 2.17 bits per heavy atom. The van der Waals surface area contributed by atoms with Crippen molar-refractivity contribution in [2.45, 2.75) is 6.10 Å². The molecule has 2 rings (SSSR count). The highest BCUT2D eigenvalue weighted by molar-refractivity contribution is 9.10. The van der Waals surface area contributed by atoms with Crippen LogP contribution in [-0.4, -0.2) is 6.54 Å². The number of benzene rings is 2. The lowest BCUT2D eigenvalue weighted by molar-refractivity contribution is 0.212. The van der Waals surface area contributed by atoms with E-state index < -0.39 is 0 Å². The lowest BCUT2D eigenvalue weighted by atomic mass is 10.1. The average molecular weight is 371 g/mol. The molecule has 0 spiro atoms. The van der Waals surface area contributed by atoms with E-state index in [4.69, 9.17) is 10.5 Å². The number of hydrogen-bond donors (Lipinski definition) is 1. The number of rotatable bonds is 4. The summed E-state index contributed by atoms with van der Waals surface area (Å²) in [5, 5.41) is 0. The normalized spacial score (nSPS) is 12.2. The number of hydrogen-bond acceptors (Lipinski definition) is 2. The summed E-state index contributed by atoms with van der Waals surface area (Å²) in [7, 11) is 0. The van der Waals surface area contributed by atoms with Crippen LogP contribution < -0.4 is 10.5 Å². The number of nitrogens with two attached hydrogens (primary N) is 1. The summed E-state index contributed by atoms with van der Waals surface area (Å²) in [6.45, 7) is 0.421. The molecule has 0 aliphatic heterocycles. The minimum atomic E-state index is -0.167. The molecule has 0 saturated carbocycles. The molecule has 2 nitrogen and oxygen atoms in total. The first kappa shape index (κ1) is 13.6. The van der Waals surface area contributed by atoms with E-state index in [2.05, 4.69) is 31.9 Å². The molecule has 2 N–H and O–H groups in total. The van der Waals surface area contributed by atoms with Crippen LogP contribution in [0.25, 0.3) is 0 Å². The predicted molar refractivity (Wildman–Crippen MR) is 80.7 cm³/mol. The van der Waals surface area contributed by atoms with Crippen molar-refractivity contribution in [1.82, 2.24) is 0 Å². The Morgan fingerprint density at radius 1 is 0.944 bits per heavy atom. The van der Waals surface area contributed by atoms with Gasteiger partial charge in [0.15, 0.2) is 0 Å².